The Morgan fingerprint density at radius 2 is 1.78 bits per heavy atom. The van der Waals surface area contributed by atoms with Crippen molar-refractivity contribution in [1.29, 1.82) is 0 Å². The molecule has 1 saturated carbocycles. The summed E-state index contributed by atoms with van der Waals surface area (Å²) in [6, 6.07) is 15.0. The third kappa shape index (κ3) is 5.53. The molecule has 1 heterocycles. The predicted molar refractivity (Wildman–Crippen MR) is 128 cm³/mol. The minimum Gasteiger partial charge on any atom is -0.487 e. The Balaban J connectivity index is 1.31. The number of fused-ring (bicyclic) bond motifs is 1. The van der Waals surface area contributed by atoms with Crippen LogP contribution >= 0.6 is 0 Å². The second kappa shape index (κ2) is 9.27. The van der Waals surface area contributed by atoms with E-state index in [2.05, 4.69) is 56.4 Å². The first-order valence-electron chi connectivity index (χ1n) is 12.1. The van der Waals surface area contributed by atoms with Crippen LogP contribution in [0.25, 0.3) is 0 Å². The summed E-state index contributed by atoms with van der Waals surface area (Å²) in [5.74, 6) is 1.48. The van der Waals surface area contributed by atoms with E-state index in [1.54, 1.807) is 0 Å². The van der Waals surface area contributed by atoms with Crippen molar-refractivity contribution in [3.8, 4) is 5.75 Å². The van der Waals surface area contributed by atoms with E-state index in [4.69, 9.17) is 4.74 Å². The molecule has 2 aromatic rings. The minimum atomic E-state index is -0.572. The van der Waals surface area contributed by atoms with Gasteiger partial charge < -0.3 is 15.2 Å². The zero-order valence-corrected chi connectivity index (χ0v) is 19.7. The van der Waals surface area contributed by atoms with Crippen LogP contribution in [0.2, 0.25) is 0 Å². The maximum atomic E-state index is 12.4. The standard InChI is InChI=1S/C28H37NO3/c1-20(2)23-9-6-21(7-10-23)18-27(3)19-24-16-22(8-11-25(24)32-27)17-26(30)29-15-14-28(31)12-4-5-13-28/h6-11,16,20,31H,4-5,12-15,17-19H2,1-3H3,(H,29,30). The number of carbonyl (C=O) groups is 1. The first kappa shape index (κ1) is 22.8. The number of amides is 1. The third-order valence-corrected chi connectivity index (χ3v) is 7.08. The normalized spacial score (nSPS) is 21.4. The van der Waals surface area contributed by atoms with Gasteiger partial charge in [0.1, 0.15) is 11.4 Å². The number of carbonyl (C=O) groups excluding carboxylic acids is 1. The average Bonchev–Trinajstić information content (AvgIpc) is 3.30. The van der Waals surface area contributed by atoms with Crippen LogP contribution < -0.4 is 10.1 Å². The monoisotopic (exact) mass is 435 g/mol. The largest absolute Gasteiger partial charge is 0.487 e. The molecule has 2 aromatic carbocycles. The molecule has 172 valence electrons. The van der Waals surface area contributed by atoms with Crippen molar-refractivity contribution in [2.75, 3.05) is 6.54 Å². The second-order valence-electron chi connectivity index (χ2n) is 10.5. The third-order valence-electron chi connectivity index (χ3n) is 7.08. The Morgan fingerprint density at radius 3 is 2.47 bits per heavy atom. The first-order valence-corrected chi connectivity index (χ1v) is 12.1. The molecule has 0 bridgehead atoms. The minimum absolute atomic E-state index is 0.0125. The Labute approximate surface area is 192 Å². The highest BCUT2D eigenvalue weighted by atomic mass is 16.5. The van der Waals surface area contributed by atoms with Crippen LogP contribution in [0.4, 0.5) is 0 Å². The van der Waals surface area contributed by atoms with Gasteiger partial charge in [-0.2, -0.15) is 0 Å². The molecule has 0 radical (unpaired) electrons. The van der Waals surface area contributed by atoms with Gasteiger partial charge in [0.2, 0.25) is 5.91 Å². The Kier molecular flexibility index (Phi) is 6.62. The lowest BCUT2D eigenvalue weighted by Crippen LogP contribution is -2.33. The van der Waals surface area contributed by atoms with Crippen LogP contribution in [0.1, 0.15) is 81.0 Å². The molecule has 0 aromatic heterocycles. The lowest BCUT2D eigenvalue weighted by molar-refractivity contribution is -0.120. The highest BCUT2D eigenvalue weighted by molar-refractivity contribution is 5.78. The Bertz CT molecular complexity index is 944. The lowest BCUT2D eigenvalue weighted by Gasteiger charge is -2.24. The number of hydrogen-bond donors (Lipinski definition) is 2. The number of nitrogens with one attached hydrogen (secondary N) is 1. The fourth-order valence-electron chi connectivity index (χ4n) is 5.20. The van der Waals surface area contributed by atoms with E-state index < -0.39 is 5.60 Å². The molecule has 0 saturated heterocycles. The summed E-state index contributed by atoms with van der Waals surface area (Å²) < 4.78 is 6.34. The molecular formula is C28H37NO3. The van der Waals surface area contributed by atoms with Crippen molar-refractivity contribution in [3.63, 3.8) is 0 Å². The number of rotatable bonds is 8. The van der Waals surface area contributed by atoms with Crippen LogP contribution in [0, 0.1) is 0 Å². The van der Waals surface area contributed by atoms with Crippen molar-refractivity contribution in [2.24, 2.45) is 0 Å². The molecule has 1 atom stereocenters. The zero-order valence-electron chi connectivity index (χ0n) is 19.7. The highest BCUT2D eigenvalue weighted by Crippen LogP contribution is 2.38. The SMILES string of the molecule is CC(C)c1ccc(CC2(C)Cc3cc(CC(=O)NCCC4(O)CCCC4)ccc3O2)cc1. The van der Waals surface area contributed by atoms with Crippen molar-refractivity contribution < 1.29 is 14.6 Å². The molecule has 4 nitrogen and oxygen atoms in total. The molecule has 1 unspecified atom stereocenters. The summed E-state index contributed by atoms with van der Waals surface area (Å²) in [4.78, 5) is 12.4. The zero-order chi connectivity index (χ0) is 22.8. The van der Waals surface area contributed by atoms with E-state index in [9.17, 15) is 9.90 Å². The van der Waals surface area contributed by atoms with E-state index in [0.717, 1.165) is 49.8 Å². The average molecular weight is 436 g/mol. The van der Waals surface area contributed by atoms with Gasteiger partial charge in [-0.05, 0) is 60.4 Å². The molecule has 1 aliphatic carbocycles. The smallest absolute Gasteiger partial charge is 0.224 e. The summed E-state index contributed by atoms with van der Waals surface area (Å²) in [7, 11) is 0. The van der Waals surface area contributed by atoms with E-state index in [1.165, 1.54) is 16.7 Å². The van der Waals surface area contributed by atoms with E-state index in [-0.39, 0.29) is 11.5 Å². The van der Waals surface area contributed by atoms with Crippen molar-refractivity contribution in [2.45, 2.75) is 89.3 Å². The van der Waals surface area contributed by atoms with Gasteiger partial charge >= 0.3 is 0 Å². The molecule has 2 aliphatic rings. The van der Waals surface area contributed by atoms with Crippen LogP contribution in [-0.2, 0) is 24.1 Å². The van der Waals surface area contributed by atoms with Crippen molar-refractivity contribution in [1.82, 2.24) is 5.32 Å². The van der Waals surface area contributed by atoms with Gasteiger partial charge in [-0.15, -0.1) is 0 Å². The van der Waals surface area contributed by atoms with Crippen LogP contribution in [0.5, 0.6) is 5.75 Å². The number of aliphatic hydroxyl groups is 1. The van der Waals surface area contributed by atoms with Crippen molar-refractivity contribution >= 4 is 5.91 Å². The molecule has 32 heavy (non-hydrogen) atoms. The maximum Gasteiger partial charge on any atom is 0.224 e. The number of benzene rings is 2. The Hall–Kier alpha value is -2.33. The number of ether oxygens (including phenoxy) is 1. The molecule has 4 heteroatoms. The van der Waals surface area contributed by atoms with E-state index >= 15 is 0 Å². The molecule has 1 fully saturated rings. The molecule has 1 aliphatic heterocycles. The van der Waals surface area contributed by atoms with Crippen LogP contribution in [0.3, 0.4) is 0 Å². The van der Waals surface area contributed by atoms with Crippen LogP contribution in [-0.4, -0.2) is 28.8 Å². The molecular weight excluding hydrogens is 398 g/mol. The molecule has 0 spiro atoms. The highest BCUT2D eigenvalue weighted by Gasteiger charge is 2.35. The van der Waals surface area contributed by atoms with Gasteiger partial charge in [0.25, 0.3) is 0 Å². The lowest BCUT2D eigenvalue weighted by atomic mass is 9.90. The van der Waals surface area contributed by atoms with Gasteiger partial charge in [-0.3, -0.25) is 4.79 Å². The molecule has 4 rings (SSSR count). The molecule has 1 amide bonds. The summed E-state index contributed by atoms with van der Waals surface area (Å²) in [5, 5.41) is 13.4. The topological polar surface area (TPSA) is 58.6 Å². The van der Waals surface area contributed by atoms with Gasteiger partial charge in [0.05, 0.1) is 12.0 Å². The second-order valence-corrected chi connectivity index (χ2v) is 10.5. The summed E-state index contributed by atoms with van der Waals surface area (Å²) >= 11 is 0. The maximum absolute atomic E-state index is 12.4. The van der Waals surface area contributed by atoms with Gasteiger partial charge in [-0.25, -0.2) is 0 Å². The molecule has 2 N–H and O–H groups in total. The van der Waals surface area contributed by atoms with Crippen molar-refractivity contribution in [3.05, 3.63) is 64.7 Å². The number of hydrogen-bond acceptors (Lipinski definition) is 3. The van der Waals surface area contributed by atoms with Gasteiger partial charge in [-0.1, -0.05) is 63.1 Å². The van der Waals surface area contributed by atoms with E-state index in [0.29, 0.717) is 25.3 Å². The van der Waals surface area contributed by atoms with E-state index in [1.807, 2.05) is 12.1 Å². The predicted octanol–water partition coefficient (Wildman–Crippen LogP) is 5.10. The van der Waals surface area contributed by atoms with Gasteiger partial charge in [0, 0.05) is 19.4 Å². The summed E-state index contributed by atoms with van der Waals surface area (Å²) in [6.07, 6.45) is 6.60. The summed E-state index contributed by atoms with van der Waals surface area (Å²) in [5.41, 5.74) is 3.99. The van der Waals surface area contributed by atoms with Gasteiger partial charge in [0.15, 0.2) is 0 Å². The summed E-state index contributed by atoms with van der Waals surface area (Å²) in [6.45, 7) is 7.13. The quantitative estimate of drug-likeness (QED) is 0.606. The Morgan fingerprint density at radius 1 is 1.09 bits per heavy atom. The first-order chi connectivity index (χ1) is 15.2. The van der Waals surface area contributed by atoms with Crippen LogP contribution in [0.15, 0.2) is 42.5 Å². The fourth-order valence-corrected chi connectivity index (χ4v) is 5.20. The fraction of sp³-hybridized carbons (Fsp3) is 0.536.